The molecule has 0 aromatic rings. The van der Waals surface area contributed by atoms with E-state index in [1.54, 1.807) is 0 Å². The van der Waals surface area contributed by atoms with Crippen molar-refractivity contribution in [1.29, 1.82) is 0 Å². The van der Waals surface area contributed by atoms with Gasteiger partial charge in [0.25, 0.3) is 0 Å². The average molecular weight is 878 g/mol. The lowest BCUT2D eigenvalue weighted by molar-refractivity contribution is -0.298. The highest BCUT2D eigenvalue weighted by atomic mass is 32.3. The van der Waals surface area contributed by atoms with Crippen molar-refractivity contribution in [2.75, 3.05) is 13.2 Å². The Labute approximate surface area is 366 Å². The van der Waals surface area contributed by atoms with E-state index in [1.165, 1.54) is 141 Å². The van der Waals surface area contributed by atoms with Gasteiger partial charge in [0.1, 0.15) is 24.4 Å². The summed E-state index contributed by atoms with van der Waals surface area (Å²) in [5.74, 6) is -0.233. The standard InChI is InChI=1S/C47H91NO11S/c1-3-5-7-9-11-13-14-15-16-17-18-19-20-21-22-23-24-25-26-27-29-31-33-35-37-43(51)48-40(41(50)36-34-32-30-28-12-10-8-6-4-2)39-57-47-45(53)46(59-60(54,55)56)44(52)42(38-49)58-47/h21-22,40-42,44-47,49-50,52-53H,3-20,23-39H2,1-2H3,(H,48,51)(H,54,55,56)/b22-21-. The van der Waals surface area contributed by atoms with E-state index >= 15 is 0 Å². The topological polar surface area (TPSA) is 192 Å². The quantitative estimate of drug-likeness (QED) is 0.0194. The van der Waals surface area contributed by atoms with Gasteiger partial charge in [-0.25, -0.2) is 4.18 Å². The minimum Gasteiger partial charge on any atom is -0.394 e. The third kappa shape index (κ3) is 30.8. The monoisotopic (exact) mass is 878 g/mol. The van der Waals surface area contributed by atoms with E-state index in [0.29, 0.717) is 19.3 Å². The summed E-state index contributed by atoms with van der Waals surface area (Å²) in [5.41, 5.74) is 0. The van der Waals surface area contributed by atoms with E-state index in [1.807, 2.05) is 0 Å². The summed E-state index contributed by atoms with van der Waals surface area (Å²) in [7, 11) is -5.07. The van der Waals surface area contributed by atoms with Crippen LogP contribution in [0.25, 0.3) is 0 Å². The zero-order chi connectivity index (χ0) is 44.1. The molecule has 7 atom stereocenters. The van der Waals surface area contributed by atoms with Crippen LogP contribution in [0.1, 0.15) is 226 Å². The van der Waals surface area contributed by atoms with Gasteiger partial charge in [-0.3, -0.25) is 9.35 Å². The van der Waals surface area contributed by atoms with Crippen LogP contribution < -0.4 is 5.32 Å². The molecule has 356 valence electrons. The molecular weight excluding hydrogens is 787 g/mol. The van der Waals surface area contributed by atoms with Gasteiger partial charge >= 0.3 is 10.4 Å². The van der Waals surface area contributed by atoms with Gasteiger partial charge in [0.15, 0.2) is 6.29 Å². The maximum atomic E-state index is 13.0. The predicted octanol–water partition coefficient (Wildman–Crippen LogP) is 9.95. The summed E-state index contributed by atoms with van der Waals surface area (Å²) < 4.78 is 47.6. The minimum absolute atomic E-state index is 0.233. The summed E-state index contributed by atoms with van der Waals surface area (Å²) in [6.07, 6.45) is 33.8. The Balaban J connectivity index is 2.34. The maximum absolute atomic E-state index is 13.0. The van der Waals surface area contributed by atoms with Crippen LogP contribution in [0.3, 0.4) is 0 Å². The Hall–Kier alpha value is -1.16. The van der Waals surface area contributed by atoms with Crippen molar-refractivity contribution in [2.24, 2.45) is 0 Å². The molecule has 1 saturated heterocycles. The van der Waals surface area contributed by atoms with Crippen LogP contribution in [0, 0.1) is 0 Å². The highest BCUT2D eigenvalue weighted by Crippen LogP contribution is 2.26. The van der Waals surface area contributed by atoms with Gasteiger partial charge in [-0.2, -0.15) is 8.42 Å². The molecule has 1 rings (SSSR count). The summed E-state index contributed by atoms with van der Waals surface area (Å²) in [6, 6.07) is -0.855. The largest absolute Gasteiger partial charge is 0.397 e. The number of amides is 1. The molecule has 12 nitrogen and oxygen atoms in total. The van der Waals surface area contributed by atoms with Gasteiger partial charge in [-0.05, 0) is 38.5 Å². The zero-order valence-electron chi connectivity index (χ0n) is 38.0. The smallest absolute Gasteiger partial charge is 0.394 e. The third-order valence-electron chi connectivity index (χ3n) is 11.8. The molecule has 7 unspecified atom stereocenters. The number of carbonyl (C=O) groups is 1. The minimum atomic E-state index is -5.07. The van der Waals surface area contributed by atoms with E-state index in [9.17, 15) is 33.6 Å². The number of unbranched alkanes of at least 4 members (excludes halogenated alkanes) is 28. The molecule has 0 spiro atoms. The zero-order valence-corrected chi connectivity index (χ0v) is 38.9. The van der Waals surface area contributed by atoms with Crippen LogP contribution in [0.2, 0.25) is 0 Å². The van der Waals surface area contributed by atoms with Crippen molar-refractivity contribution >= 4 is 16.3 Å². The van der Waals surface area contributed by atoms with E-state index < -0.39 is 59.9 Å². The van der Waals surface area contributed by atoms with Crippen molar-refractivity contribution in [3.05, 3.63) is 12.2 Å². The van der Waals surface area contributed by atoms with Crippen LogP contribution in [0.5, 0.6) is 0 Å². The molecule has 0 radical (unpaired) electrons. The van der Waals surface area contributed by atoms with Crippen LogP contribution in [-0.4, -0.2) is 95.4 Å². The first-order valence-corrected chi connectivity index (χ1v) is 25.9. The molecule has 13 heteroatoms. The van der Waals surface area contributed by atoms with Crippen molar-refractivity contribution in [2.45, 2.75) is 269 Å². The number of hydrogen-bond acceptors (Lipinski definition) is 10. The Kier molecular flexibility index (Phi) is 36.3. The van der Waals surface area contributed by atoms with Crippen LogP contribution in [0.4, 0.5) is 0 Å². The molecule has 1 fully saturated rings. The molecule has 0 aromatic heterocycles. The molecule has 1 aliphatic rings. The molecule has 6 N–H and O–H groups in total. The number of carbonyl (C=O) groups excluding carboxylic acids is 1. The molecule has 1 aliphatic heterocycles. The lowest BCUT2D eigenvalue weighted by Crippen LogP contribution is -2.61. The van der Waals surface area contributed by atoms with E-state index in [0.717, 1.165) is 51.4 Å². The molecule has 0 bridgehead atoms. The average Bonchev–Trinajstić information content (AvgIpc) is 3.22. The first-order chi connectivity index (χ1) is 29.0. The molecule has 0 saturated carbocycles. The second-order valence-electron chi connectivity index (χ2n) is 17.4. The van der Waals surface area contributed by atoms with Crippen molar-refractivity contribution in [1.82, 2.24) is 5.32 Å². The second kappa shape index (κ2) is 38.3. The number of rotatable bonds is 42. The van der Waals surface area contributed by atoms with Crippen LogP contribution >= 0.6 is 0 Å². The molecule has 0 aliphatic carbocycles. The van der Waals surface area contributed by atoms with Crippen LogP contribution in [0.15, 0.2) is 12.2 Å². The number of aliphatic hydroxyl groups is 4. The number of aliphatic hydroxyl groups excluding tert-OH is 4. The SMILES string of the molecule is CCCCCCCCCCCCCC/C=C\CCCCCCCCCCC(=O)NC(COC1OC(CO)C(O)C(OS(=O)(=O)O)C1O)C(O)CCCCCCCCCCC. The summed E-state index contributed by atoms with van der Waals surface area (Å²) in [5, 5.41) is 44.7. The molecule has 0 aromatic carbocycles. The van der Waals surface area contributed by atoms with Crippen LogP contribution in [-0.2, 0) is 28.9 Å². The fourth-order valence-corrected chi connectivity index (χ4v) is 8.49. The van der Waals surface area contributed by atoms with E-state index in [2.05, 4.69) is 35.5 Å². The fourth-order valence-electron chi connectivity index (χ4n) is 7.98. The maximum Gasteiger partial charge on any atom is 0.397 e. The second-order valence-corrected chi connectivity index (χ2v) is 18.5. The Bertz CT molecular complexity index is 1130. The van der Waals surface area contributed by atoms with Gasteiger partial charge in [0, 0.05) is 6.42 Å². The lowest BCUT2D eigenvalue weighted by Gasteiger charge is -2.41. The number of hydrogen-bond donors (Lipinski definition) is 6. The molecule has 1 heterocycles. The number of nitrogens with one attached hydrogen (secondary N) is 1. The normalized spacial score (nSPS) is 20.8. The van der Waals surface area contributed by atoms with E-state index in [-0.39, 0.29) is 12.5 Å². The van der Waals surface area contributed by atoms with Gasteiger partial charge in [0.05, 0.1) is 25.4 Å². The lowest BCUT2D eigenvalue weighted by atomic mass is 9.99. The summed E-state index contributed by atoms with van der Waals surface area (Å²) in [4.78, 5) is 13.0. The summed E-state index contributed by atoms with van der Waals surface area (Å²) in [6.45, 7) is 3.42. The fraction of sp³-hybridized carbons (Fsp3) is 0.936. The Morgan fingerprint density at radius 3 is 1.50 bits per heavy atom. The molecule has 60 heavy (non-hydrogen) atoms. The number of allylic oxidation sites excluding steroid dienone is 2. The van der Waals surface area contributed by atoms with Gasteiger partial charge in [0.2, 0.25) is 5.91 Å². The van der Waals surface area contributed by atoms with Crippen molar-refractivity contribution in [3.8, 4) is 0 Å². The first-order valence-electron chi connectivity index (χ1n) is 24.6. The molecular formula is C47H91NO11S. The predicted molar refractivity (Wildman–Crippen MR) is 241 cm³/mol. The Morgan fingerprint density at radius 1 is 0.650 bits per heavy atom. The Morgan fingerprint density at radius 2 is 1.07 bits per heavy atom. The van der Waals surface area contributed by atoms with Crippen molar-refractivity contribution < 1.29 is 51.8 Å². The number of ether oxygens (including phenoxy) is 2. The van der Waals surface area contributed by atoms with E-state index in [4.69, 9.17) is 14.0 Å². The van der Waals surface area contributed by atoms with Gasteiger partial charge in [-0.15, -0.1) is 0 Å². The van der Waals surface area contributed by atoms with Crippen molar-refractivity contribution in [3.63, 3.8) is 0 Å². The molecule has 1 amide bonds. The van der Waals surface area contributed by atoms with Gasteiger partial charge < -0.3 is 35.2 Å². The highest BCUT2D eigenvalue weighted by Gasteiger charge is 2.48. The summed E-state index contributed by atoms with van der Waals surface area (Å²) >= 11 is 0. The highest BCUT2D eigenvalue weighted by molar-refractivity contribution is 7.80. The first kappa shape index (κ1) is 56.9. The van der Waals surface area contributed by atoms with Gasteiger partial charge in [-0.1, -0.05) is 193 Å². The third-order valence-corrected chi connectivity index (χ3v) is 12.3.